The van der Waals surface area contributed by atoms with Crippen molar-refractivity contribution in [2.75, 3.05) is 25.1 Å². The van der Waals surface area contributed by atoms with Crippen LogP contribution in [0.3, 0.4) is 0 Å². The van der Waals surface area contributed by atoms with Crippen LogP contribution in [-0.4, -0.2) is 48.1 Å². The van der Waals surface area contributed by atoms with E-state index in [0.29, 0.717) is 12.8 Å². The summed E-state index contributed by atoms with van der Waals surface area (Å²) in [5.74, 6) is -5.33. The Kier molecular flexibility index (Phi) is 6.31. The number of benzene rings is 1. The minimum Gasteiger partial charge on any atom is -0.492 e. The van der Waals surface area contributed by atoms with E-state index < -0.39 is 53.7 Å². The SMILES string of the molecule is COc1c(N2CCC(C(N)CC(C(F)(F)F)C(F)(F)F)C2)c(F)cc2c(=O)[nH]c(=O)n(C3CC3)c12. The summed E-state index contributed by atoms with van der Waals surface area (Å²) in [4.78, 5) is 28.4. The molecule has 2 fully saturated rings. The lowest BCUT2D eigenvalue weighted by Gasteiger charge is -2.29. The van der Waals surface area contributed by atoms with E-state index in [0.717, 1.165) is 6.07 Å². The number of anilines is 1. The fraction of sp³-hybridized carbons (Fsp3) is 0.619. The van der Waals surface area contributed by atoms with Crippen molar-refractivity contribution in [1.82, 2.24) is 9.55 Å². The first-order valence-corrected chi connectivity index (χ1v) is 10.9. The lowest BCUT2D eigenvalue weighted by Crippen LogP contribution is -2.43. The maximum absolute atomic E-state index is 15.2. The van der Waals surface area contributed by atoms with Gasteiger partial charge >= 0.3 is 18.0 Å². The van der Waals surface area contributed by atoms with Crippen LogP contribution in [0.4, 0.5) is 36.4 Å². The Morgan fingerprint density at radius 2 is 1.77 bits per heavy atom. The number of H-pyrrole nitrogens is 1. The summed E-state index contributed by atoms with van der Waals surface area (Å²) in [6, 6.07) is -0.716. The number of nitrogens with zero attached hydrogens (tertiary/aromatic N) is 2. The van der Waals surface area contributed by atoms with Crippen molar-refractivity contribution in [2.24, 2.45) is 17.6 Å². The maximum atomic E-state index is 15.2. The molecule has 0 spiro atoms. The monoisotopic (exact) mass is 512 g/mol. The first kappa shape index (κ1) is 25.3. The number of nitrogens with one attached hydrogen (secondary N) is 1. The third kappa shape index (κ3) is 4.71. The Bertz CT molecular complexity index is 1220. The lowest BCUT2D eigenvalue weighted by atomic mass is 9.89. The molecule has 1 aromatic carbocycles. The summed E-state index contributed by atoms with van der Waals surface area (Å²) in [6.45, 7) is -0.0457. The molecule has 0 amide bonds. The highest BCUT2D eigenvalue weighted by Crippen LogP contribution is 2.45. The number of fused-ring (bicyclic) bond motifs is 1. The van der Waals surface area contributed by atoms with Gasteiger partial charge in [0, 0.05) is 25.2 Å². The second-order valence-corrected chi connectivity index (χ2v) is 9.03. The highest BCUT2D eigenvalue weighted by molar-refractivity contribution is 5.91. The minimum atomic E-state index is -5.50. The number of methoxy groups -OCH3 is 1. The summed E-state index contributed by atoms with van der Waals surface area (Å²) in [5, 5.41) is -0.111. The van der Waals surface area contributed by atoms with Crippen molar-refractivity contribution in [3.8, 4) is 5.75 Å². The Labute approximate surface area is 193 Å². The third-order valence-corrected chi connectivity index (χ3v) is 6.67. The van der Waals surface area contributed by atoms with Gasteiger partial charge in [0.05, 0.1) is 12.5 Å². The summed E-state index contributed by atoms with van der Waals surface area (Å²) >= 11 is 0. The summed E-state index contributed by atoms with van der Waals surface area (Å²) in [7, 11) is 1.22. The Balaban J connectivity index is 1.68. The molecule has 7 nitrogen and oxygen atoms in total. The Morgan fingerprint density at radius 1 is 1.14 bits per heavy atom. The van der Waals surface area contributed by atoms with Crippen LogP contribution in [0.5, 0.6) is 5.75 Å². The van der Waals surface area contributed by atoms with Crippen molar-refractivity contribution >= 4 is 16.6 Å². The van der Waals surface area contributed by atoms with Crippen LogP contribution >= 0.6 is 0 Å². The predicted molar refractivity (Wildman–Crippen MR) is 112 cm³/mol. The van der Waals surface area contributed by atoms with Crippen molar-refractivity contribution < 1.29 is 35.5 Å². The number of rotatable bonds is 6. The molecule has 2 aromatic rings. The predicted octanol–water partition coefficient (Wildman–Crippen LogP) is 3.46. The molecule has 3 N–H and O–H groups in total. The Hall–Kier alpha value is -2.77. The molecule has 1 aliphatic carbocycles. The van der Waals surface area contributed by atoms with Gasteiger partial charge in [0.2, 0.25) is 0 Å². The molecule has 2 unspecified atom stereocenters. The van der Waals surface area contributed by atoms with Crippen LogP contribution in [0, 0.1) is 17.7 Å². The topological polar surface area (TPSA) is 93.3 Å². The van der Waals surface area contributed by atoms with Gasteiger partial charge < -0.3 is 15.4 Å². The molecule has 0 radical (unpaired) electrons. The van der Waals surface area contributed by atoms with Crippen LogP contribution in [0.2, 0.25) is 0 Å². The third-order valence-electron chi connectivity index (χ3n) is 6.67. The molecule has 2 heterocycles. The molecule has 35 heavy (non-hydrogen) atoms. The number of alkyl halides is 6. The zero-order valence-electron chi connectivity index (χ0n) is 18.5. The highest BCUT2D eigenvalue weighted by atomic mass is 19.4. The molecule has 1 aliphatic heterocycles. The smallest absolute Gasteiger partial charge is 0.400 e. The van der Waals surface area contributed by atoms with Gasteiger partial charge in [0.1, 0.15) is 11.2 Å². The Morgan fingerprint density at radius 3 is 2.31 bits per heavy atom. The standard InChI is InChI=1S/C21H23F7N4O3/c1-35-17-15-11(18(33)30-19(34)32(15)10-2-3-10)6-12(22)16(17)31-5-4-9(8-31)13(29)7-14(20(23,24)25)21(26,27)28/h6,9-10,13-14H,2-5,7-8,29H2,1H3,(H,30,33,34). The molecule has 1 saturated carbocycles. The van der Waals surface area contributed by atoms with E-state index in [4.69, 9.17) is 10.5 Å². The minimum absolute atomic E-state index is 0.0801. The molecule has 0 bridgehead atoms. The van der Waals surface area contributed by atoms with Gasteiger partial charge in [0.15, 0.2) is 17.5 Å². The number of aromatic amines is 1. The van der Waals surface area contributed by atoms with Crippen LogP contribution in [-0.2, 0) is 0 Å². The number of halogens is 7. The van der Waals surface area contributed by atoms with E-state index in [2.05, 4.69) is 4.98 Å². The number of hydrogen-bond acceptors (Lipinski definition) is 5. The van der Waals surface area contributed by atoms with Gasteiger partial charge in [-0.1, -0.05) is 0 Å². The second kappa shape index (κ2) is 8.71. The van der Waals surface area contributed by atoms with E-state index in [9.17, 15) is 35.9 Å². The first-order chi connectivity index (χ1) is 16.2. The second-order valence-electron chi connectivity index (χ2n) is 9.03. The number of ether oxygens (including phenoxy) is 1. The summed E-state index contributed by atoms with van der Waals surface area (Å²) in [6.07, 6.45) is -10.9. The fourth-order valence-corrected chi connectivity index (χ4v) is 4.77. The number of hydrogen-bond donors (Lipinski definition) is 2. The molecular weight excluding hydrogens is 489 g/mol. The van der Waals surface area contributed by atoms with Crippen molar-refractivity contribution in [1.29, 1.82) is 0 Å². The molecular formula is C21H23F7N4O3. The zero-order valence-corrected chi connectivity index (χ0v) is 18.5. The van der Waals surface area contributed by atoms with Gasteiger partial charge in [-0.05, 0) is 37.7 Å². The molecule has 4 rings (SSSR count). The van der Waals surface area contributed by atoms with Crippen LogP contribution in [0.1, 0.15) is 31.7 Å². The van der Waals surface area contributed by atoms with Crippen molar-refractivity contribution in [3.63, 3.8) is 0 Å². The molecule has 14 heteroatoms. The molecule has 1 aromatic heterocycles. The number of nitrogens with two attached hydrogens (primary N) is 1. The highest BCUT2D eigenvalue weighted by Gasteiger charge is 2.57. The van der Waals surface area contributed by atoms with E-state index in [1.165, 1.54) is 16.6 Å². The van der Waals surface area contributed by atoms with Crippen LogP contribution < -0.4 is 26.6 Å². The van der Waals surface area contributed by atoms with Crippen LogP contribution in [0.15, 0.2) is 15.7 Å². The quantitative estimate of drug-likeness (QED) is 0.579. The van der Waals surface area contributed by atoms with Gasteiger partial charge in [-0.25, -0.2) is 9.18 Å². The molecule has 2 aliphatic rings. The van der Waals surface area contributed by atoms with E-state index >= 15 is 4.39 Å². The average Bonchev–Trinajstić information content (AvgIpc) is 3.45. The van der Waals surface area contributed by atoms with Gasteiger partial charge in [-0.3, -0.25) is 14.3 Å². The molecule has 194 valence electrons. The summed E-state index contributed by atoms with van der Waals surface area (Å²) in [5.41, 5.74) is 4.24. The number of aromatic nitrogens is 2. The molecule has 2 atom stereocenters. The average molecular weight is 512 g/mol. The van der Waals surface area contributed by atoms with Gasteiger partial charge in [0.25, 0.3) is 5.56 Å². The zero-order chi connectivity index (χ0) is 25.9. The van der Waals surface area contributed by atoms with Crippen molar-refractivity contribution in [2.45, 2.75) is 50.1 Å². The molecule has 1 saturated heterocycles. The lowest BCUT2D eigenvalue weighted by molar-refractivity contribution is -0.287. The van der Waals surface area contributed by atoms with Gasteiger partial charge in [-0.15, -0.1) is 0 Å². The largest absolute Gasteiger partial charge is 0.492 e. The van der Waals surface area contributed by atoms with E-state index in [1.807, 2.05) is 0 Å². The first-order valence-electron chi connectivity index (χ1n) is 10.9. The van der Waals surface area contributed by atoms with E-state index in [-0.39, 0.29) is 47.9 Å². The fourth-order valence-electron chi connectivity index (χ4n) is 4.77. The normalized spacial score (nSPS) is 20.2. The van der Waals surface area contributed by atoms with E-state index in [1.54, 1.807) is 0 Å². The van der Waals surface area contributed by atoms with Crippen LogP contribution in [0.25, 0.3) is 10.9 Å². The summed E-state index contributed by atoms with van der Waals surface area (Å²) < 4.78 is 99.8. The van der Waals surface area contributed by atoms with Crippen molar-refractivity contribution in [3.05, 3.63) is 32.7 Å². The van der Waals surface area contributed by atoms with Gasteiger partial charge in [-0.2, -0.15) is 26.3 Å². The maximum Gasteiger partial charge on any atom is 0.400 e.